The number of rotatable bonds is 5. The third-order valence-corrected chi connectivity index (χ3v) is 5.35. The number of nitrogens with zero attached hydrogens (tertiary/aromatic N) is 3. The van der Waals surface area contributed by atoms with Crippen LogP contribution in [0.15, 0.2) is 30.3 Å². The van der Waals surface area contributed by atoms with Gasteiger partial charge in [-0.15, -0.1) is 12.4 Å². The lowest BCUT2D eigenvalue weighted by Gasteiger charge is -2.38. The first-order valence-corrected chi connectivity index (χ1v) is 9.62. The molecule has 2 aliphatic heterocycles. The molecule has 1 aromatic rings. The number of benzene rings is 1. The van der Waals surface area contributed by atoms with Crippen molar-refractivity contribution in [1.29, 1.82) is 0 Å². The molecule has 1 aromatic carbocycles. The number of carbonyl (C=O) groups is 2. The number of piperazine rings is 1. The predicted molar refractivity (Wildman–Crippen MR) is 110 cm³/mol. The lowest BCUT2D eigenvalue weighted by Crippen LogP contribution is -2.56. The Balaban J connectivity index is 0.00000261. The predicted octanol–water partition coefficient (Wildman–Crippen LogP) is 1.73. The van der Waals surface area contributed by atoms with Crippen LogP contribution in [0.25, 0.3) is 0 Å². The van der Waals surface area contributed by atoms with Gasteiger partial charge in [0.25, 0.3) is 0 Å². The second kappa shape index (κ2) is 9.53. The van der Waals surface area contributed by atoms with Crippen LogP contribution in [0.5, 0.6) is 0 Å². The molecule has 0 aromatic heterocycles. The van der Waals surface area contributed by atoms with Gasteiger partial charge in [0.15, 0.2) is 0 Å². The normalized spacial score (nSPS) is 22.1. The number of amides is 2. The lowest BCUT2D eigenvalue weighted by atomic mass is 10.0. The molecule has 2 saturated heterocycles. The van der Waals surface area contributed by atoms with Crippen molar-refractivity contribution in [2.45, 2.75) is 38.8 Å². The zero-order chi connectivity index (χ0) is 18.7. The average Bonchev–Trinajstić information content (AvgIpc) is 3.03. The second-order valence-electron chi connectivity index (χ2n) is 7.73. The minimum Gasteiger partial charge on any atom is -0.339 e. The number of anilines is 1. The topological polar surface area (TPSA) is 69.9 Å². The van der Waals surface area contributed by atoms with Gasteiger partial charge in [0.1, 0.15) is 0 Å². The molecule has 3 rings (SSSR count). The fourth-order valence-electron chi connectivity index (χ4n) is 3.97. The van der Waals surface area contributed by atoms with Crippen molar-refractivity contribution in [2.24, 2.45) is 11.7 Å². The van der Waals surface area contributed by atoms with Crippen molar-refractivity contribution < 1.29 is 9.59 Å². The maximum absolute atomic E-state index is 12.8. The van der Waals surface area contributed by atoms with Crippen LogP contribution in [0.1, 0.15) is 26.7 Å². The molecule has 27 heavy (non-hydrogen) atoms. The third-order valence-electron chi connectivity index (χ3n) is 5.35. The quantitative estimate of drug-likeness (QED) is 0.825. The first-order valence-electron chi connectivity index (χ1n) is 9.62. The highest BCUT2D eigenvalue weighted by molar-refractivity contribution is 5.99. The number of hydrogen-bond acceptors (Lipinski definition) is 4. The van der Waals surface area contributed by atoms with E-state index in [2.05, 4.69) is 18.7 Å². The molecule has 0 spiro atoms. The van der Waals surface area contributed by atoms with Crippen LogP contribution in [0.3, 0.4) is 0 Å². The molecule has 1 unspecified atom stereocenters. The first kappa shape index (κ1) is 21.7. The van der Waals surface area contributed by atoms with E-state index in [9.17, 15) is 9.59 Å². The number of nitrogens with two attached hydrogens (primary N) is 1. The van der Waals surface area contributed by atoms with E-state index in [0.29, 0.717) is 25.4 Å². The minimum absolute atomic E-state index is 0. The molecule has 2 amide bonds. The van der Waals surface area contributed by atoms with E-state index in [-0.39, 0.29) is 30.3 Å². The van der Waals surface area contributed by atoms with Gasteiger partial charge >= 0.3 is 0 Å². The molecule has 2 atom stereocenters. The number of para-hydroxylation sites is 1. The second-order valence-corrected chi connectivity index (χ2v) is 7.73. The largest absolute Gasteiger partial charge is 0.339 e. The Labute approximate surface area is 168 Å². The highest BCUT2D eigenvalue weighted by atomic mass is 35.5. The van der Waals surface area contributed by atoms with Crippen LogP contribution in [-0.4, -0.2) is 66.4 Å². The Kier molecular flexibility index (Phi) is 7.65. The fraction of sp³-hybridized carbons (Fsp3) is 0.600. The van der Waals surface area contributed by atoms with Crippen molar-refractivity contribution in [3.05, 3.63) is 30.3 Å². The zero-order valence-corrected chi connectivity index (χ0v) is 17.0. The molecular weight excluding hydrogens is 364 g/mol. The monoisotopic (exact) mass is 394 g/mol. The van der Waals surface area contributed by atoms with Crippen LogP contribution >= 0.6 is 12.4 Å². The van der Waals surface area contributed by atoms with E-state index in [4.69, 9.17) is 5.73 Å². The summed E-state index contributed by atoms with van der Waals surface area (Å²) in [5.74, 6) is 0.629. The fourth-order valence-corrected chi connectivity index (χ4v) is 3.97. The van der Waals surface area contributed by atoms with Gasteiger partial charge in [0.2, 0.25) is 11.8 Å². The summed E-state index contributed by atoms with van der Waals surface area (Å²) in [7, 11) is 0. The molecule has 0 saturated carbocycles. The van der Waals surface area contributed by atoms with Crippen LogP contribution in [0.2, 0.25) is 0 Å². The van der Waals surface area contributed by atoms with E-state index < -0.39 is 6.04 Å². The van der Waals surface area contributed by atoms with Crippen LogP contribution in [0.4, 0.5) is 5.69 Å². The Hall–Kier alpha value is -1.63. The number of halogens is 1. The molecule has 6 nitrogen and oxygen atoms in total. The molecule has 7 heteroatoms. The van der Waals surface area contributed by atoms with E-state index in [1.165, 1.54) is 0 Å². The summed E-state index contributed by atoms with van der Waals surface area (Å²) >= 11 is 0. The summed E-state index contributed by atoms with van der Waals surface area (Å²) in [5, 5.41) is 0. The summed E-state index contributed by atoms with van der Waals surface area (Å²) in [6.45, 7) is 7.69. The van der Waals surface area contributed by atoms with Crippen LogP contribution in [0, 0.1) is 5.92 Å². The molecule has 2 N–H and O–H groups in total. The smallest absolute Gasteiger partial charge is 0.244 e. The maximum Gasteiger partial charge on any atom is 0.244 e. The molecule has 2 heterocycles. The zero-order valence-electron chi connectivity index (χ0n) is 16.2. The maximum atomic E-state index is 12.8. The Morgan fingerprint density at radius 2 is 1.74 bits per heavy atom. The summed E-state index contributed by atoms with van der Waals surface area (Å²) in [6, 6.07) is 9.35. The number of carbonyl (C=O) groups excluding carboxylic acids is 2. The van der Waals surface area contributed by atoms with Crippen molar-refractivity contribution in [1.82, 2.24) is 9.80 Å². The van der Waals surface area contributed by atoms with Crippen molar-refractivity contribution in [3.63, 3.8) is 0 Å². The molecule has 0 aliphatic carbocycles. The molecule has 2 fully saturated rings. The van der Waals surface area contributed by atoms with Crippen LogP contribution < -0.4 is 10.6 Å². The summed E-state index contributed by atoms with van der Waals surface area (Å²) in [4.78, 5) is 31.3. The Bertz CT molecular complexity index is 632. The highest BCUT2D eigenvalue weighted by Gasteiger charge is 2.38. The molecule has 0 bridgehead atoms. The van der Waals surface area contributed by atoms with E-state index in [1.807, 2.05) is 40.1 Å². The van der Waals surface area contributed by atoms with Crippen molar-refractivity contribution >= 4 is 29.9 Å². The molecule has 2 aliphatic rings. The Morgan fingerprint density at radius 3 is 2.33 bits per heavy atom. The van der Waals surface area contributed by atoms with Gasteiger partial charge < -0.3 is 15.5 Å². The molecular formula is C20H31ClN4O2. The van der Waals surface area contributed by atoms with E-state index in [0.717, 1.165) is 31.7 Å². The van der Waals surface area contributed by atoms with Gasteiger partial charge in [-0.2, -0.15) is 0 Å². The van der Waals surface area contributed by atoms with Gasteiger partial charge in [0, 0.05) is 38.4 Å². The van der Waals surface area contributed by atoms with E-state index in [1.54, 1.807) is 0 Å². The van der Waals surface area contributed by atoms with Crippen molar-refractivity contribution in [2.75, 3.05) is 37.6 Å². The third kappa shape index (κ3) is 5.00. The van der Waals surface area contributed by atoms with Gasteiger partial charge in [-0.1, -0.05) is 32.0 Å². The SMILES string of the molecule is CC(C)C[C@H](N)C(=O)N1CCN(C2CCN(c3ccccc3)C2=O)CC1.Cl. The summed E-state index contributed by atoms with van der Waals surface area (Å²) in [6.07, 6.45) is 1.56. The average molecular weight is 395 g/mol. The number of hydrogen-bond donors (Lipinski definition) is 1. The van der Waals surface area contributed by atoms with Gasteiger partial charge in [-0.3, -0.25) is 14.5 Å². The molecule has 0 radical (unpaired) electrons. The van der Waals surface area contributed by atoms with Gasteiger partial charge in [-0.05, 0) is 30.9 Å². The first-order chi connectivity index (χ1) is 12.5. The van der Waals surface area contributed by atoms with Crippen molar-refractivity contribution in [3.8, 4) is 0 Å². The van der Waals surface area contributed by atoms with E-state index >= 15 is 0 Å². The van der Waals surface area contributed by atoms with Crippen LogP contribution in [-0.2, 0) is 9.59 Å². The lowest BCUT2D eigenvalue weighted by molar-refractivity contribution is -0.135. The van der Waals surface area contributed by atoms with Gasteiger partial charge in [-0.25, -0.2) is 0 Å². The highest BCUT2D eigenvalue weighted by Crippen LogP contribution is 2.25. The molecule has 150 valence electrons. The summed E-state index contributed by atoms with van der Waals surface area (Å²) < 4.78 is 0. The summed E-state index contributed by atoms with van der Waals surface area (Å²) in [5.41, 5.74) is 7.01. The minimum atomic E-state index is -0.414. The van der Waals surface area contributed by atoms with Gasteiger partial charge in [0.05, 0.1) is 12.1 Å². The standard InChI is InChI=1S/C20H30N4O2.ClH/c1-15(2)14-17(21)19(25)23-12-10-22(11-13-23)18-8-9-24(20(18)26)16-6-4-3-5-7-16;/h3-7,15,17-18H,8-14,21H2,1-2H3;1H/t17-,18?;/m0./s1. The Morgan fingerprint density at radius 1 is 1.11 bits per heavy atom.